The van der Waals surface area contributed by atoms with Crippen molar-refractivity contribution in [3.63, 3.8) is 0 Å². The summed E-state index contributed by atoms with van der Waals surface area (Å²) in [4.78, 5) is 0. The molecule has 5 heteroatoms. The van der Waals surface area contributed by atoms with Gasteiger partial charge in [0.15, 0.2) is 0 Å². The van der Waals surface area contributed by atoms with E-state index < -0.39 is 0 Å². The quantitative estimate of drug-likeness (QED) is 0.946. The van der Waals surface area contributed by atoms with E-state index in [0.717, 1.165) is 49.8 Å². The van der Waals surface area contributed by atoms with Crippen LogP contribution in [-0.2, 0) is 25.9 Å². The molecule has 2 aliphatic rings. The Bertz CT molecular complexity index is 670. The first-order valence-electron chi connectivity index (χ1n) is 8.33. The highest BCUT2D eigenvalue weighted by atomic mass is 16.3. The van der Waals surface area contributed by atoms with Gasteiger partial charge in [-0.3, -0.25) is 0 Å². The molecule has 1 atom stereocenters. The minimum absolute atomic E-state index is 0.271. The molecule has 2 aromatic rings. The van der Waals surface area contributed by atoms with E-state index in [-0.39, 0.29) is 5.41 Å². The first-order chi connectivity index (χ1) is 10.6. The van der Waals surface area contributed by atoms with Crippen LogP contribution >= 0.6 is 0 Å². The Morgan fingerprint density at radius 3 is 3.18 bits per heavy atom. The first kappa shape index (κ1) is 14.0. The molecular formula is C17H24N4O. The average Bonchev–Trinajstić information content (AvgIpc) is 3.10. The summed E-state index contributed by atoms with van der Waals surface area (Å²) in [7, 11) is 0. The van der Waals surface area contributed by atoms with Crippen LogP contribution in [0, 0.1) is 5.41 Å². The maximum Gasteiger partial charge on any atom is 0.147 e. The second-order valence-electron chi connectivity index (χ2n) is 7.42. The van der Waals surface area contributed by atoms with Gasteiger partial charge < -0.3 is 14.3 Å². The molecule has 0 fully saturated rings. The van der Waals surface area contributed by atoms with E-state index in [0.29, 0.717) is 6.04 Å². The van der Waals surface area contributed by atoms with Crippen LogP contribution in [0.25, 0.3) is 0 Å². The molecule has 1 N–H and O–H groups in total. The second-order valence-corrected chi connectivity index (χ2v) is 7.42. The predicted molar refractivity (Wildman–Crippen MR) is 83.4 cm³/mol. The molecule has 1 aliphatic heterocycles. The monoisotopic (exact) mass is 300 g/mol. The number of rotatable bonds is 3. The summed E-state index contributed by atoms with van der Waals surface area (Å²) in [5, 5.41) is 12.4. The number of hydrogen-bond acceptors (Lipinski definition) is 4. The molecule has 0 amide bonds. The average molecular weight is 300 g/mol. The van der Waals surface area contributed by atoms with Gasteiger partial charge in [-0.1, -0.05) is 13.8 Å². The summed E-state index contributed by atoms with van der Waals surface area (Å²) in [6.45, 7) is 6.46. The van der Waals surface area contributed by atoms with E-state index in [9.17, 15) is 0 Å². The van der Waals surface area contributed by atoms with E-state index in [4.69, 9.17) is 4.42 Å². The van der Waals surface area contributed by atoms with E-state index in [1.54, 1.807) is 0 Å². The Balaban J connectivity index is 1.51. The number of nitrogens with zero attached hydrogens (tertiary/aromatic N) is 3. The third-order valence-corrected chi connectivity index (χ3v) is 4.99. The number of aromatic nitrogens is 3. The van der Waals surface area contributed by atoms with Gasteiger partial charge in [0.25, 0.3) is 0 Å². The Morgan fingerprint density at radius 1 is 1.36 bits per heavy atom. The molecule has 118 valence electrons. The van der Waals surface area contributed by atoms with Gasteiger partial charge in [0.2, 0.25) is 0 Å². The minimum Gasteiger partial charge on any atom is -0.469 e. The van der Waals surface area contributed by atoms with Crippen LogP contribution in [-0.4, -0.2) is 14.8 Å². The SMILES string of the molecule is CC1(C)Cc2occc2[C@@H](NCc2nnc3n2CCCC3)C1. The third kappa shape index (κ3) is 2.47. The standard InChI is InChI=1S/C17H24N4O/c1-17(2)9-13(12-6-8-22-14(12)10-17)18-11-16-20-19-15-5-3-4-7-21(15)16/h6,8,13,18H,3-5,7,9-11H2,1-2H3/t13-/m0/s1. The predicted octanol–water partition coefficient (Wildman–Crippen LogP) is 3.01. The van der Waals surface area contributed by atoms with Gasteiger partial charge in [-0.05, 0) is 30.7 Å². The summed E-state index contributed by atoms with van der Waals surface area (Å²) in [6, 6.07) is 2.45. The lowest BCUT2D eigenvalue weighted by atomic mass is 9.75. The van der Waals surface area contributed by atoms with Gasteiger partial charge in [-0.2, -0.15) is 0 Å². The maximum absolute atomic E-state index is 5.68. The maximum atomic E-state index is 5.68. The Labute approximate surface area is 131 Å². The second kappa shape index (κ2) is 5.23. The summed E-state index contributed by atoms with van der Waals surface area (Å²) in [5.74, 6) is 3.36. The molecule has 0 aromatic carbocycles. The molecule has 0 spiro atoms. The largest absolute Gasteiger partial charge is 0.469 e. The molecule has 2 aromatic heterocycles. The van der Waals surface area contributed by atoms with Gasteiger partial charge in [0, 0.05) is 31.0 Å². The Kier molecular flexibility index (Phi) is 3.33. The number of aryl methyl sites for hydroxylation is 1. The summed E-state index contributed by atoms with van der Waals surface area (Å²) in [6.07, 6.45) is 7.50. The van der Waals surface area contributed by atoms with Crippen LogP contribution in [0.4, 0.5) is 0 Å². The molecule has 0 saturated carbocycles. The molecule has 3 heterocycles. The highest BCUT2D eigenvalue weighted by molar-refractivity contribution is 5.26. The van der Waals surface area contributed by atoms with Crippen LogP contribution in [0.3, 0.4) is 0 Å². The summed E-state index contributed by atoms with van der Waals surface area (Å²) >= 11 is 0. The number of furan rings is 1. The smallest absolute Gasteiger partial charge is 0.147 e. The van der Waals surface area contributed by atoms with Crippen molar-refractivity contribution in [2.45, 2.75) is 65.1 Å². The molecular weight excluding hydrogens is 276 g/mol. The molecule has 0 bridgehead atoms. The zero-order valence-electron chi connectivity index (χ0n) is 13.4. The lowest BCUT2D eigenvalue weighted by Gasteiger charge is -2.34. The lowest BCUT2D eigenvalue weighted by molar-refractivity contribution is 0.233. The van der Waals surface area contributed by atoms with Crippen LogP contribution in [0.2, 0.25) is 0 Å². The molecule has 0 radical (unpaired) electrons. The number of nitrogens with one attached hydrogen (secondary N) is 1. The van der Waals surface area contributed by atoms with Crippen LogP contribution in [0.5, 0.6) is 0 Å². The van der Waals surface area contributed by atoms with Crippen molar-refractivity contribution < 1.29 is 4.42 Å². The van der Waals surface area contributed by atoms with E-state index >= 15 is 0 Å². The van der Waals surface area contributed by atoms with Crippen molar-refractivity contribution in [1.82, 2.24) is 20.1 Å². The van der Waals surface area contributed by atoms with Gasteiger partial charge in [-0.25, -0.2) is 0 Å². The van der Waals surface area contributed by atoms with Crippen molar-refractivity contribution >= 4 is 0 Å². The van der Waals surface area contributed by atoms with Crippen molar-refractivity contribution in [3.8, 4) is 0 Å². The Hall–Kier alpha value is -1.62. The fraction of sp³-hybridized carbons (Fsp3) is 0.647. The highest BCUT2D eigenvalue weighted by Crippen LogP contribution is 2.41. The Morgan fingerprint density at radius 2 is 2.27 bits per heavy atom. The van der Waals surface area contributed by atoms with Crippen LogP contribution < -0.4 is 5.32 Å². The topological polar surface area (TPSA) is 55.9 Å². The summed E-state index contributed by atoms with van der Waals surface area (Å²) < 4.78 is 7.97. The normalized spacial score (nSPS) is 23.1. The summed E-state index contributed by atoms with van der Waals surface area (Å²) in [5.41, 5.74) is 1.59. The van der Waals surface area contributed by atoms with E-state index in [1.165, 1.54) is 18.4 Å². The molecule has 0 saturated heterocycles. The number of hydrogen-bond donors (Lipinski definition) is 1. The fourth-order valence-corrected chi connectivity index (χ4v) is 3.87. The van der Waals surface area contributed by atoms with Gasteiger partial charge in [0.05, 0.1) is 12.8 Å². The van der Waals surface area contributed by atoms with Crippen molar-refractivity contribution in [3.05, 3.63) is 35.3 Å². The van der Waals surface area contributed by atoms with Gasteiger partial charge in [-0.15, -0.1) is 10.2 Å². The molecule has 0 unspecified atom stereocenters. The van der Waals surface area contributed by atoms with Crippen molar-refractivity contribution in [1.29, 1.82) is 0 Å². The van der Waals surface area contributed by atoms with Gasteiger partial charge in [0.1, 0.15) is 17.4 Å². The highest BCUT2D eigenvalue weighted by Gasteiger charge is 2.34. The van der Waals surface area contributed by atoms with Crippen molar-refractivity contribution in [2.24, 2.45) is 5.41 Å². The van der Waals surface area contributed by atoms with Crippen LogP contribution in [0.15, 0.2) is 16.7 Å². The van der Waals surface area contributed by atoms with E-state index in [2.05, 4.69) is 40.0 Å². The molecule has 5 nitrogen and oxygen atoms in total. The number of fused-ring (bicyclic) bond motifs is 2. The van der Waals surface area contributed by atoms with Crippen LogP contribution in [0.1, 0.15) is 62.1 Å². The van der Waals surface area contributed by atoms with Gasteiger partial charge >= 0.3 is 0 Å². The van der Waals surface area contributed by atoms with E-state index in [1.807, 2.05) is 6.26 Å². The lowest BCUT2D eigenvalue weighted by Crippen LogP contribution is -2.33. The molecule has 1 aliphatic carbocycles. The minimum atomic E-state index is 0.271. The van der Waals surface area contributed by atoms with Crippen molar-refractivity contribution in [2.75, 3.05) is 0 Å². The molecule has 22 heavy (non-hydrogen) atoms. The zero-order chi connectivity index (χ0) is 15.2. The molecule has 4 rings (SSSR count). The first-order valence-corrected chi connectivity index (χ1v) is 8.33. The fourth-order valence-electron chi connectivity index (χ4n) is 3.87. The zero-order valence-corrected chi connectivity index (χ0v) is 13.4. The third-order valence-electron chi connectivity index (χ3n) is 4.99.